The zero-order valence-electron chi connectivity index (χ0n) is 16.9. The minimum Gasteiger partial charge on any atom is -0.373 e. The largest absolute Gasteiger partial charge is 0.373 e. The third-order valence-electron chi connectivity index (χ3n) is 5.09. The number of hydrogen-bond donors (Lipinski definition) is 2. The smallest absolute Gasteiger partial charge is 0.243 e. The molecule has 2 aromatic heterocycles. The zero-order valence-corrected chi connectivity index (χ0v) is 17.7. The van der Waals surface area contributed by atoms with E-state index in [9.17, 15) is 12.8 Å². The van der Waals surface area contributed by atoms with Crippen LogP contribution in [0, 0.1) is 5.82 Å². The normalized spacial score (nSPS) is 17.3. The molecule has 0 radical (unpaired) electrons. The Hall–Kier alpha value is -3.18. The van der Waals surface area contributed by atoms with E-state index in [2.05, 4.69) is 30.6 Å². The Labute approximate surface area is 179 Å². The summed E-state index contributed by atoms with van der Waals surface area (Å²) < 4.78 is 40.6. The second kappa shape index (κ2) is 8.90. The molecule has 31 heavy (non-hydrogen) atoms. The van der Waals surface area contributed by atoms with Gasteiger partial charge in [0.05, 0.1) is 10.6 Å². The first-order chi connectivity index (χ1) is 15.0. The Balaban J connectivity index is 1.52. The van der Waals surface area contributed by atoms with Crippen LogP contribution in [0.15, 0.2) is 53.8 Å². The van der Waals surface area contributed by atoms with Crippen LogP contribution in [0.3, 0.4) is 0 Å². The fourth-order valence-corrected chi connectivity index (χ4v) is 5.02. The molecule has 3 aromatic rings. The summed E-state index contributed by atoms with van der Waals surface area (Å²) >= 11 is 0. The minimum absolute atomic E-state index is 0.0780. The molecule has 1 saturated heterocycles. The molecular formula is C20H22FN7O2S. The Morgan fingerprint density at radius 2 is 1.87 bits per heavy atom. The highest BCUT2D eigenvalue weighted by Gasteiger charge is 2.31. The van der Waals surface area contributed by atoms with E-state index in [1.807, 2.05) is 0 Å². The number of nitrogens with zero attached hydrogens (tertiary/aromatic N) is 5. The summed E-state index contributed by atoms with van der Waals surface area (Å²) in [5.41, 5.74) is 0.749. The molecule has 1 aliphatic heterocycles. The van der Waals surface area contributed by atoms with Crippen molar-refractivity contribution in [2.24, 2.45) is 0 Å². The molecule has 11 heteroatoms. The maximum Gasteiger partial charge on any atom is 0.243 e. The van der Waals surface area contributed by atoms with Crippen molar-refractivity contribution in [1.82, 2.24) is 24.2 Å². The predicted octanol–water partition coefficient (Wildman–Crippen LogP) is 2.76. The summed E-state index contributed by atoms with van der Waals surface area (Å²) in [7, 11) is -1.94. The van der Waals surface area contributed by atoms with Gasteiger partial charge in [-0.2, -0.15) is 4.31 Å². The molecule has 1 aliphatic rings. The van der Waals surface area contributed by atoms with Crippen molar-refractivity contribution in [3.63, 3.8) is 0 Å². The van der Waals surface area contributed by atoms with Gasteiger partial charge in [-0.1, -0.05) is 0 Å². The minimum atomic E-state index is -3.70. The quantitative estimate of drug-likeness (QED) is 0.598. The third kappa shape index (κ3) is 4.78. The van der Waals surface area contributed by atoms with Gasteiger partial charge in [0.15, 0.2) is 0 Å². The van der Waals surface area contributed by atoms with Gasteiger partial charge in [0.2, 0.25) is 16.0 Å². The maximum atomic E-state index is 13.2. The molecule has 4 rings (SSSR count). The van der Waals surface area contributed by atoms with Crippen LogP contribution in [0.1, 0.15) is 24.5 Å². The number of hydrogen-bond acceptors (Lipinski definition) is 8. The molecule has 0 unspecified atom stereocenters. The second-order valence-electron chi connectivity index (χ2n) is 7.12. The first kappa shape index (κ1) is 21.1. The lowest BCUT2D eigenvalue weighted by Crippen LogP contribution is -2.39. The fourth-order valence-electron chi connectivity index (χ4n) is 3.49. The summed E-state index contributed by atoms with van der Waals surface area (Å²) in [6, 6.07) is 8.42. The van der Waals surface area contributed by atoms with Gasteiger partial charge < -0.3 is 10.6 Å². The van der Waals surface area contributed by atoms with E-state index in [4.69, 9.17) is 0 Å². The summed E-state index contributed by atoms with van der Waals surface area (Å²) in [6.07, 6.45) is 4.58. The van der Waals surface area contributed by atoms with Crippen LogP contribution in [0.25, 0.3) is 0 Å². The standard InChI is InChI=1S/C20H22FN7O2S/c1-22-18-11-19(25-13-24-18)27-20-23-9-8-17(26-20)14-3-2-10-28(12-14)31(29,30)16-6-4-15(21)5-7-16/h4-9,11,13-14H,2-3,10,12H2,1H3,(H2,22,23,24,25,26,27)/t14-/m1/s1. The first-order valence-corrected chi connectivity index (χ1v) is 11.3. The molecule has 3 heterocycles. The van der Waals surface area contributed by atoms with Gasteiger partial charge in [-0.15, -0.1) is 0 Å². The number of sulfonamides is 1. The van der Waals surface area contributed by atoms with Crippen LogP contribution in [0.5, 0.6) is 0 Å². The summed E-state index contributed by atoms with van der Waals surface area (Å²) in [5, 5.41) is 5.99. The number of rotatable bonds is 6. The summed E-state index contributed by atoms with van der Waals surface area (Å²) in [5.74, 6) is 1.02. The topological polar surface area (TPSA) is 113 Å². The SMILES string of the molecule is CNc1cc(Nc2nccc([C@@H]3CCCN(S(=O)(=O)c4ccc(F)cc4)C3)n2)ncn1. The van der Waals surface area contributed by atoms with Gasteiger partial charge in [-0.05, 0) is 43.2 Å². The summed E-state index contributed by atoms with van der Waals surface area (Å²) in [6.45, 7) is 0.716. The van der Waals surface area contributed by atoms with Gasteiger partial charge >= 0.3 is 0 Å². The van der Waals surface area contributed by atoms with Gasteiger partial charge in [0.25, 0.3) is 0 Å². The molecule has 1 fully saturated rings. The van der Waals surface area contributed by atoms with Gasteiger partial charge in [0, 0.05) is 38.3 Å². The van der Waals surface area contributed by atoms with E-state index in [0.717, 1.165) is 24.2 Å². The third-order valence-corrected chi connectivity index (χ3v) is 6.97. The van der Waals surface area contributed by atoms with Gasteiger partial charge in [-0.3, -0.25) is 0 Å². The van der Waals surface area contributed by atoms with Crippen LogP contribution in [0.2, 0.25) is 0 Å². The van der Waals surface area contributed by atoms with Crippen LogP contribution in [-0.2, 0) is 10.0 Å². The van der Waals surface area contributed by atoms with Crippen molar-refractivity contribution in [3.8, 4) is 0 Å². The Kier molecular flexibility index (Phi) is 6.05. The first-order valence-electron chi connectivity index (χ1n) is 9.81. The highest BCUT2D eigenvalue weighted by Crippen LogP contribution is 2.30. The number of aromatic nitrogens is 4. The lowest BCUT2D eigenvalue weighted by Gasteiger charge is -2.31. The average Bonchev–Trinajstić information content (AvgIpc) is 2.80. The van der Waals surface area contributed by atoms with E-state index in [1.165, 1.54) is 22.8 Å². The van der Waals surface area contributed by atoms with Crippen molar-refractivity contribution in [3.05, 3.63) is 60.4 Å². The van der Waals surface area contributed by atoms with E-state index < -0.39 is 15.8 Å². The van der Waals surface area contributed by atoms with Crippen LogP contribution < -0.4 is 10.6 Å². The zero-order chi connectivity index (χ0) is 21.8. The number of benzene rings is 1. The van der Waals surface area contributed by atoms with Crippen LogP contribution in [0.4, 0.5) is 22.0 Å². The molecule has 0 amide bonds. The molecule has 2 N–H and O–H groups in total. The van der Waals surface area contributed by atoms with Crippen molar-refractivity contribution in [2.75, 3.05) is 30.8 Å². The average molecular weight is 444 g/mol. The maximum absolute atomic E-state index is 13.2. The molecule has 0 bridgehead atoms. The molecule has 162 valence electrons. The van der Waals surface area contributed by atoms with E-state index in [0.29, 0.717) is 37.1 Å². The highest BCUT2D eigenvalue weighted by molar-refractivity contribution is 7.89. The lowest BCUT2D eigenvalue weighted by molar-refractivity contribution is 0.312. The molecule has 1 aromatic carbocycles. The molecule has 1 atom stereocenters. The molecule has 0 spiro atoms. The molecule has 0 saturated carbocycles. The van der Waals surface area contributed by atoms with Crippen molar-refractivity contribution >= 4 is 27.6 Å². The van der Waals surface area contributed by atoms with Crippen molar-refractivity contribution in [1.29, 1.82) is 0 Å². The Morgan fingerprint density at radius 1 is 1.10 bits per heavy atom. The molecule has 9 nitrogen and oxygen atoms in total. The van der Waals surface area contributed by atoms with Crippen molar-refractivity contribution in [2.45, 2.75) is 23.7 Å². The van der Waals surface area contributed by atoms with Gasteiger partial charge in [-0.25, -0.2) is 32.7 Å². The Bertz CT molecular complexity index is 1160. The van der Waals surface area contributed by atoms with E-state index in [-0.39, 0.29) is 10.8 Å². The predicted molar refractivity (Wildman–Crippen MR) is 114 cm³/mol. The lowest BCUT2D eigenvalue weighted by atomic mass is 9.96. The second-order valence-corrected chi connectivity index (χ2v) is 9.06. The number of piperidine rings is 1. The van der Waals surface area contributed by atoms with Crippen LogP contribution in [-0.4, -0.2) is 52.8 Å². The van der Waals surface area contributed by atoms with E-state index in [1.54, 1.807) is 25.4 Å². The number of anilines is 3. The number of nitrogens with one attached hydrogen (secondary N) is 2. The summed E-state index contributed by atoms with van der Waals surface area (Å²) in [4.78, 5) is 17.1. The molecular weight excluding hydrogens is 421 g/mol. The fraction of sp³-hybridized carbons (Fsp3) is 0.300. The van der Waals surface area contributed by atoms with Gasteiger partial charge in [0.1, 0.15) is 23.8 Å². The molecule has 0 aliphatic carbocycles. The Morgan fingerprint density at radius 3 is 2.65 bits per heavy atom. The monoisotopic (exact) mass is 443 g/mol. The highest BCUT2D eigenvalue weighted by atomic mass is 32.2. The van der Waals surface area contributed by atoms with E-state index >= 15 is 0 Å². The number of halogens is 1. The van der Waals surface area contributed by atoms with Crippen molar-refractivity contribution < 1.29 is 12.8 Å². The van der Waals surface area contributed by atoms with Crippen LogP contribution >= 0.6 is 0 Å².